The van der Waals surface area contributed by atoms with Gasteiger partial charge in [0.2, 0.25) is 11.8 Å². The van der Waals surface area contributed by atoms with Crippen molar-refractivity contribution >= 4 is 17.5 Å². The van der Waals surface area contributed by atoms with Gasteiger partial charge in [0.1, 0.15) is 5.75 Å². The summed E-state index contributed by atoms with van der Waals surface area (Å²) in [6.45, 7) is 3.19. The number of nitrogens with zero attached hydrogens (tertiary/aromatic N) is 1. The molecule has 2 atom stereocenters. The standard InChI is InChI=1S/C16H23N3O3/c1-11(19-8-4-5-12(10-19)15(17)20)16(21)18-13-6-3-7-14(9-13)22-2/h3,6-7,9,11-12H,4-5,8,10H2,1-2H3,(H2,17,20)(H,18,21)/t11-,12-/m0/s1. The maximum atomic E-state index is 12.4. The molecule has 1 saturated heterocycles. The zero-order valence-electron chi connectivity index (χ0n) is 13.0. The van der Waals surface area contributed by atoms with E-state index in [9.17, 15) is 9.59 Å². The predicted octanol–water partition coefficient (Wildman–Crippen LogP) is 1.22. The highest BCUT2D eigenvalue weighted by Crippen LogP contribution is 2.20. The van der Waals surface area contributed by atoms with Gasteiger partial charge in [-0.15, -0.1) is 0 Å². The number of methoxy groups -OCH3 is 1. The van der Waals surface area contributed by atoms with Crippen LogP contribution in [0.25, 0.3) is 0 Å². The molecule has 1 aliphatic rings. The number of nitrogens with two attached hydrogens (primary N) is 1. The van der Waals surface area contributed by atoms with E-state index in [1.807, 2.05) is 30.0 Å². The number of amides is 2. The van der Waals surface area contributed by atoms with Crippen LogP contribution in [0.5, 0.6) is 5.75 Å². The van der Waals surface area contributed by atoms with Gasteiger partial charge in [-0.05, 0) is 38.4 Å². The number of anilines is 1. The lowest BCUT2D eigenvalue weighted by molar-refractivity contribution is -0.127. The number of benzene rings is 1. The minimum Gasteiger partial charge on any atom is -0.497 e. The first-order valence-electron chi connectivity index (χ1n) is 7.49. The summed E-state index contributed by atoms with van der Waals surface area (Å²) < 4.78 is 5.14. The van der Waals surface area contributed by atoms with Gasteiger partial charge in [0.05, 0.1) is 19.1 Å². The van der Waals surface area contributed by atoms with Crippen LogP contribution in [0.1, 0.15) is 19.8 Å². The molecule has 0 bridgehead atoms. The molecule has 1 fully saturated rings. The summed E-state index contributed by atoms with van der Waals surface area (Å²) in [5.74, 6) is 0.140. The molecule has 0 radical (unpaired) electrons. The molecule has 6 nitrogen and oxygen atoms in total. The number of nitrogens with one attached hydrogen (secondary N) is 1. The number of carbonyl (C=O) groups is 2. The van der Waals surface area contributed by atoms with Gasteiger partial charge < -0.3 is 15.8 Å². The Labute approximate surface area is 130 Å². The van der Waals surface area contributed by atoms with Crippen LogP contribution in [0.2, 0.25) is 0 Å². The first-order chi connectivity index (χ1) is 10.5. The number of rotatable bonds is 5. The molecule has 1 aromatic rings. The second kappa shape index (κ2) is 7.26. The number of piperidine rings is 1. The number of hydrogen-bond donors (Lipinski definition) is 2. The predicted molar refractivity (Wildman–Crippen MR) is 84.6 cm³/mol. The largest absolute Gasteiger partial charge is 0.497 e. The Balaban J connectivity index is 1.97. The first kappa shape index (κ1) is 16.3. The Morgan fingerprint density at radius 3 is 2.91 bits per heavy atom. The van der Waals surface area contributed by atoms with Gasteiger partial charge in [0.15, 0.2) is 0 Å². The zero-order valence-corrected chi connectivity index (χ0v) is 13.0. The minimum absolute atomic E-state index is 0.0987. The lowest BCUT2D eigenvalue weighted by Crippen LogP contribution is -2.49. The van der Waals surface area contributed by atoms with Gasteiger partial charge in [-0.3, -0.25) is 14.5 Å². The monoisotopic (exact) mass is 305 g/mol. The fourth-order valence-corrected chi connectivity index (χ4v) is 2.70. The van der Waals surface area contributed by atoms with Crippen LogP contribution in [0.3, 0.4) is 0 Å². The number of ether oxygens (including phenoxy) is 1. The van der Waals surface area contributed by atoms with Crippen molar-refractivity contribution in [2.45, 2.75) is 25.8 Å². The van der Waals surface area contributed by atoms with E-state index in [1.54, 1.807) is 13.2 Å². The maximum absolute atomic E-state index is 12.4. The molecular formula is C16H23N3O3. The fraction of sp³-hybridized carbons (Fsp3) is 0.500. The molecule has 0 spiro atoms. The van der Waals surface area contributed by atoms with Crippen molar-refractivity contribution in [2.24, 2.45) is 11.7 Å². The Morgan fingerprint density at radius 1 is 1.45 bits per heavy atom. The summed E-state index contributed by atoms with van der Waals surface area (Å²) in [4.78, 5) is 25.7. The van der Waals surface area contributed by atoms with E-state index in [0.717, 1.165) is 19.4 Å². The van der Waals surface area contributed by atoms with Crippen LogP contribution in [0, 0.1) is 5.92 Å². The number of likely N-dealkylation sites (tertiary alicyclic amines) is 1. The summed E-state index contributed by atoms with van der Waals surface area (Å²) in [7, 11) is 1.58. The average molecular weight is 305 g/mol. The van der Waals surface area contributed by atoms with Crippen LogP contribution >= 0.6 is 0 Å². The Hall–Kier alpha value is -2.08. The number of hydrogen-bond acceptors (Lipinski definition) is 4. The quantitative estimate of drug-likeness (QED) is 0.856. The second-order valence-electron chi connectivity index (χ2n) is 5.63. The first-order valence-corrected chi connectivity index (χ1v) is 7.49. The van der Waals surface area contributed by atoms with Gasteiger partial charge in [-0.2, -0.15) is 0 Å². The summed E-state index contributed by atoms with van der Waals surface area (Å²) in [5.41, 5.74) is 6.08. The summed E-state index contributed by atoms with van der Waals surface area (Å²) >= 11 is 0. The van der Waals surface area contributed by atoms with Gasteiger partial charge >= 0.3 is 0 Å². The Kier molecular flexibility index (Phi) is 5.38. The lowest BCUT2D eigenvalue weighted by Gasteiger charge is -2.34. The van der Waals surface area contributed by atoms with Crippen LogP contribution in [-0.2, 0) is 9.59 Å². The van der Waals surface area contributed by atoms with E-state index in [0.29, 0.717) is 18.0 Å². The Bertz CT molecular complexity index is 547. The van der Waals surface area contributed by atoms with E-state index in [2.05, 4.69) is 5.32 Å². The van der Waals surface area contributed by atoms with Crippen LogP contribution in [0.15, 0.2) is 24.3 Å². The van der Waals surface area contributed by atoms with E-state index in [1.165, 1.54) is 0 Å². The third kappa shape index (κ3) is 3.98. The van der Waals surface area contributed by atoms with Crippen molar-refractivity contribution in [1.82, 2.24) is 4.90 Å². The molecule has 22 heavy (non-hydrogen) atoms. The lowest BCUT2D eigenvalue weighted by atomic mass is 9.96. The zero-order chi connectivity index (χ0) is 16.1. The molecule has 1 aromatic carbocycles. The molecule has 6 heteroatoms. The summed E-state index contributed by atoms with van der Waals surface area (Å²) in [6, 6.07) is 6.92. The van der Waals surface area contributed by atoms with Crippen LogP contribution in [0.4, 0.5) is 5.69 Å². The normalized spacial score (nSPS) is 20.2. The topological polar surface area (TPSA) is 84.7 Å². The third-order valence-electron chi connectivity index (χ3n) is 4.12. The molecule has 120 valence electrons. The van der Waals surface area contributed by atoms with E-state index >= 15 is 0 Å². The van der Waals surface area contributed by atoms with Gasteiger partial charge in [0.25, 0.3) is 0 Å². The summed E-state index contributed by atoms with van der Waals surface area (Å²) in [6.07, 6.45) is 1.68. The summed E-state index contributed by atoms with van der Waals surface area (Å²) in [5, 5.41) is 2.88. The molecule has 0 aromatic heterocycles. The van der Waals surface area contributed by atoms with Crippen LogP contribution in [-0.4, -0.2) is 43.0 Å². The minimum atomic E-state index is -0.312. The molecule has 1 heterocycles. The molecule has 3 N–H and O–H groups in total. The van der Waals surface area contributed by atoms with Crippen molar-refractivity contribution < 1.29 is 14.3 Å². The van der Waals surface area contributed by atoms with Crippen molar-refractivity contribution in [2.75, 3.05) is 25.5 Å². The molecule has 0 unspecified atom stereocenters. The molecule has 2 rings (SSSR count). The van der Waals surface area contributed by atoms with Crippen molar-refractivity contribution in [3.8, 4) is 5.75 Å². The van der Waals surface area contributed by atoms with Gasteiger partial charge in [0, 0.05) is 18.3 Å². The highest BCUT2D eigenvalue weighted by atomic mass is 16.5. The molecule has 1 aliphatic heterocycles. The Morgan fingerprint density at radius 2 is 2.23 bits per heavy atom. The highest BCUT2D eigenvalue weighted by Gasteiger charge is 2.29. The van der Waals surface area contributed by atoms with Gasteiger partial charge in [-0.25, -0.2) is 0 Å². The number of primary amides is 1. The highest BCUT2D eigenvalue weighted by molar-refractivity contribution is 5.94. The van der Waals surface area contributed by atoms with Crippen molar-refractivity contribution in [3.63, 3.8) is 0 Å². The van der Waals surface area contributed by atoms with E-state index < -0.39 is 0 Å². The third-order valence-corrected chi connectivity index (χ3v) is 4.12. The second-order valence-corrected chi connectivity index (χ2v) is 5.63. The molecule has 2 amide bonds. The SMILES string of the molecule is COc1cccc(NC(=O)[C@H](C)N2CCC[C@H](C(N)=O)C2)c1. The van der Waals surface area contributed by atoms with E-state index in [-0.39, 0.29) is 23.8 Å². The van der Waals surface area contributed by atoms with Crippen LogP contribution < -0.4 is 15.8 Å². The smallest absolute Gasteiger partial charge is 0.241 e. The van der Waals surface area contributed by atoms with Gasteiger partial charge in [-0.1, -0.05) is 6.07 Å². The fourth-order valence-electron chi connectivity index (χ4n) is 2.70. The van der Waals surface area contributed by atoms with Crippen molar-refractivity contribution in [3.05, 3.63) is 24.3 Å². The maximum Gasteiger partial charge on any atom is 0.241 e. The average Bonchev–Trinajstić information content (AvgIpc) is 2.54. The molecular weight excluding hydrogens is 282 g/mol. The van der Waals surface area contributed by atoms with E-state index in [4.69, 9.17) is 10.5 Å². The number of carbonyl (C=O) groups excluding carboxylic acids is 2. The molecule has 0 aliphatic carbocycles. The molecule has 0 saturated carbocycles. The van der Waals surface area contributed by atoms with Crippen molar-refractivity contribution in [1.29, 1.82) is 0 Å².